The Morgan fingerprint density at radius 2 is 1.45 bits per heavy atom. The van der Waals surface area contributed by atoms with E-state index in [1.165, 1.54) is 6.92 Å². The van der Waals surface area contributed by atoms with E-state index in [1.54, 1.807) is 0 Å². The van der Waals surface area contributed by atoms with Crippen LogP contribution in [0.4, 0.5) is 44.6 Å². The first-order chi connectivity index (χ1) is 13.1. The molecule has 0 saturated carbocycles. The summed E-state index contributed by atoms with van der Waals surface area (Å²) >= 11 is 5.66. The van der Waals surface area contributed by atoms with Gasteiger partial charge in [0.15, 0.2) is 10.8 Å². The molecule has 1 amide bonds. The lowest BCUT2D eigenvalue weighted by Gasteiger charge is -2.20. The van der Waals surface area contributed by atoms with Gasteiger partial charge in [0.2, 0.25) is 0 Å². The van der Waals surface area contributed by atoms with Gasteiger partial charge in [0.25, 0.3) is 5.91 Å². The number of anilines is 1. The third-order valence-electron chi connectivity index (χ3n) is 3.47. The fraction of sp³-hybridized carbons (Fsp3) is 0.333. The normalized spacial score (nSPS) is 12.9. The summed E-state index contributed by atoms with van der Waals surface area (Å²) in [6, 6.07) is 0.190. The van der Waals surface area contributed by atoms with Crippen LogP contribution in [0, 0.1) is 0 Å². The van der Waals surface area contributed by atoms with E-state index >= 15 is 0 Å². The second-order valence-electron chi connectivity index (χ2n) is 5.46. The Hall–Kier alpha value is -2.02. The molecule has 1 aromatic carbocycles. The van der Waals surface area contributed by atoms with Gasteiger partial charge in [0.05, 0.1) is 11.1 Å². The highest BCUT2D eigenvalue weighted by molar-refractivity contribution is 7.19. The van der Waals surface area contributed by atoms with E-state index in [9.17, 15) is 44.3 Å². The van der Waals surface area contributed by atoms with Gasteiger partial charge >= 0.3 is 18.5 Å². The minimum atomic E-state index is -5.19. The number of carbonyl (C=O) groups excluding carboxylic acids is 1. The monoisotopic (exact) mass is 470 g/mol. The maximum absolute atomic E-state index is 12.9. The summed E-state index contributed by atoms with van der Waals surface area (Å²) in [5.41, 5.74) is -6.01. The van der Waals surface area contributed by atoms with E-state index in [0.29, 0.717) is 4.90 Å². The zero-order valence-corrected chi connectivity index (χ0v) is 15.5. The summed E-state index contributed by atoms with van der Waals surface area (Å²) in [5, 5.41) is -0.624. The van der Waals surface area contributed by atoms with Crippen LogP contribution in [0.25, 0.3) is 0 Å². The molecule has 29 heavy (non-hydrogen) atoms. The Balaban J connectivity index is 2.57. The van der Waals surface area contributed by atoms with E-state index in [-0.39, 0.29) is 29.5 Å². The number of carbonyl (C=O) groups is 1. The quantitative estimate of drug-likeness (QED) is 0.479. The topological polar surface area (TPSA) is 33.2 Å². The minimum absolute atomic E-state index is 0.172. The van der Waals surface area contributed by atoms with Gasteiger partial charge in [0, 0.05) is 12.1 Å². The molecule has 2 rings (SSSR count). The first-order valence-electron chi connectivity index (χ1n) is 7.40. The van der Waals surface area contributed by atoms with Crippen molar-refractivity contribution in [1.29, 1.82) is 0 Å². The van der Waals surface area contributed by atoms with Gasteiger partial charge in [-0.2, -0.15) is 39.5 Å². The molecule has 160 valence electrons. The average molecular weight is 471 g/mol. The number of rotatable bonds is 3. The Morgan fingerprint density at radius 3 is 1.79 bits per heavy atom. The Kier molecular flexibility index (Phi) is 6.15. The highest BCUT2D eigenvalue weighted by Crippen LogP contribution is 2.41. The van der Waals surface area contributed by atoms with Crippen LogP contribution in [0.2, 0.25) is 4.34 Å². The van der Waals surface area contributed by atoms with Crippen molar-refractivity contribution in [2.75, 3.05) is 11.4 Å². The molecule has 0 atom stereocenters. The van der Waals surface area contributed by atoms with Crippen molar-refractivity contribution in [2.24, 2.45) is 0 Å². The number of halogens is 10. The maximum Gasteiger partial charge on any atom is 0.435 e. The van der Waals surface area contributed by atoms with Crippen LogP contribution in [0.1, 0.15) is 34.1 Å². The molecule has 0 fully saturated rings. The fourth-order valence-corrected chi connectivity index (χ4v) is 3.42. The highest BCUT2D eigenvalue weighted by atomic mass is 35.5. The molecule has 0 bridgehead atoms. The van der Waals surface area contributed by atoms with E-state index in [4.69, 9.17) is 11.6 Å². The summed E-state index contributed by atoms with van der Waals surface area (Å²) < 4.78 is 115. The largest absolute Gasteiger partial charge is 0.435 e. The van der Waals surface area contributed by atoms with Crippen LogP contribution in [-0.4, -0.2) is 17.4 Å². The molecule has 0 unspecified atom stereocenters. The van der Waals surface area contributed by atoms with Crippen LogP contribution in [0.15, 0.2) is 18.2 Å². The molecule has 0 saturated heterocycles. The van der Waals surface area contributed by atoms with Gasteiger partial charge in [-0.15, -0.1) is 0 Å². The van der Waals surface area contributed by atoms with Crippen LogP contribution in [0.3, 0.4) is 0 Å². The van der Waals surface area contributed by atoms with E-state index < -0.39 is 62.8 Å². The molecule has 0 aliphatic rings. The van der Waals surface area contributed by atoms with Crippen LogP contribution in [-0.2, 0) is 18.5 Å². The molecular weight excluding hydrogens is 463 g/mol. The predicted molar refractivity (Wildman–Crippen MR) is 85.9 cm³/mol. The SMILES string of the molecule is CCN(C(=O)c1cc(C(F)(F)F)cc(C(F)(F)F)c1)c1nc(C(F)(F)F)c(Cl)s1. The fourth-order valence-electron chi connectivity index (χ4n) is 2.18. The second kappa shape index (κ2) is 7.67. The van der Waals surface area contributed by atoms with Gasteiger partial charge in [-0.25, -0.2) is 4.98 Å². The lowest BCUT2D eigenvalue weighted by molar-refractivity contribution is -0.143. The first-order valence-corrected chi connectivity index (χ1v) is 8.60. The number of benzene rings is 1. The number of thiazole rings is 1. The Bertz CT molecular complexity index is 886. The highest BCUT2D eigenvalue weighted by Gasteiger charge is 2.40. The lowest BCUT2D eigenvalue weighted by Crippen LogP contribution is -2.31. The van der Waals surface area contributed by atoms with Crippen LogP contribution in [0.5, 0.6) is 0 Å². The third kappa shape index (κ3) is 5.13. The van der Waals surface area contributed by atoms with E-state index in [1.807, 2.05) is 0 Å². The number of nitrogens with zero attached hydrogens (tertiary/aromatic N) is 2. The summed E-state index contributed by atoms with van der Waals surface area (Å²) in [6.07, 6.45) is -15.4. The maximum atomic E-state index is 12.9. The van der Waals surface area contributed by atoms with Gasteiger partial charge < -0.3 is 0 Å². The van der Waals surface area contributed by atoms with Gasteiger partial charge in [-0.05, 0) is 25.1 Å². The van der Waals surface area contributed by atoms with Crippen LogP contribution >= 0.6 is 22.9 Å². The van der Waals surface area contributed by atoms with Gasteiger partial charge in [0.1, 0.15) is 4.34 Å². The number of amides is 1. The number of alkyl halides is 9. The molecule has 0 aliphatic carbocycles. The third-order valence-corrected chi connectivity index (χ3v) is 4.75. The molecule has 0 radical (unpaired) electrons. The molecule has 3 nitrogen and oxygen atoms in total. The smallest absolute Gasteiger partial charge is 0.284 e. The molecule has 1 aromatic heterocycles. The van der Waals surface area contributed by atoms with Crippen molar-refractivity contribution in [3.8, 4) is 0 Å². The van der Waals surface area contributed by atoms with Crippen molar-refractivity contribution in [2.45, 2.75) is 25.5 Å². The molecule has 0 aliphatic heterocycles. The molecule has 1 heterocycles. The minimum Gasteiger partial charge on any atom is -0.284 e. The van der Waals surface area contributed by atoms with Crippen molar-refractivity contribution >= 4 is 34.0 Å². The summed E-state index contributed by atoms with van der Waals surface area (Å²) in [6.45, 7) is 0.857. The Labute approximate surface area is 165 Å². The molecule has 0 spiro atoms. The van der Waals surface area contributed by atoms with Crippen LogP contribution < -0.4 is 4.90 Å². The van der Waals surface area contributed by atoms with Crippen molar-refractivity contribution in [1.82, 2.24) is 4.98 Å². The Morgan fingerprint density at radius 1 is 0.966 bits per heavy atom. The lowest BCUT2D eigenvalue weighted by atomic mass is 10.0. The molecular formula is C15H8ClF9N2OS. The average Bonchev–Trinajstić information content (AvgIpc) is 2.95. The second-order valence-corrected chi connectivity index (χ2v) is 7.04. The predicted octanol–water partition coefficient (Wildman–Crippen LogP) is 6.52. The molecule has 0 N–H and O–H groups in total. The standard InChI is InChI=1S/C15H8ClF9N2OS/c1-2-27(12-26-9(10(16)29-12)15(23,24)25)11(28)6-3-7(13(17,18)19)5-8(4-6)14(20,21)22/h3-5H,2H2,1H3. The number of hydrogen-bond donors (Lipinski definition) is 0. The van der Waals surface area contributed by atoms with Crippen molar-refractivity contribution in [3.63, 3.8) is 0 Å². The van der Waals surface area contributed by atoms with Gasteiger partial charge in [-0.3, -0.25) is 9.69 Å². The summed E-state index contributed by atoms with van der Waals surface area (Å²) in [7, 11) is 0. The van der Waals surface area contributed by atoms with E-state index in [2.05, 4.69) is 4.98 Å². The first kappa shape index (κ1) is 23.3. The molecule has 2 aromatic rings. The van der Waals surface area contributed by atoms with Gasteiger partial charge in [-0.1, -0.05) is 22.9 Å². The summed E-state index contributed by atoms with van der Waals surface area (Å²) in [4.78, 5) is 16.2. The van der Waals surface area contributed by atoms with Crippen molar-refractivity contribution in [3.05, 3.63) is 44.9 Å². The zero-order chi connectivity index (χ0) is 22.4. The zero-order valence-electron chi connectivity index (χ0n) is 13.9. The number of aromatic nitrogens is 1. The number of hydrogen-bond acceptors (Lipinski definition) is 3. The molecule has 14 heteroatoms. The summed E-state index contributed by atoms with van der Waals surface area (Å²) in [5.74, 6) is -1.40. The van der Waals surface area contributed by atoms with Crippen molar-refractivity contribution < 1.29 is 44.3 Å². The van der Waals surface area contributed by atoms with E-state index in [0.717, 1.165) is 0 Å².